The van der Waals surface area contributed by atoms with Crippen molar-refractivity contribution in [1.29, 1.82) is 0 Å². The number of ether oxygens (including phenoxy) is 2. The predicted octanol–water partition coefficient (Wildman–Crippen LogP) is 5.50. The molecule has 3 nitrogen and oxygen atoms in total. The summed E-state index contributed by atoms with van der Waals surface area (Å²) < 4.78 is 11.5. The Bertz CT molecular complexity index is 615. The first-order valence-corrected chi connectivity index (χ1v) is 12.3. The van der Waals surface area contributed by atoms with E-state index in [2.05, 4.69) is 31.2 Å². The van der Waals surface area contributed by atoms with Gasteiger partial charge in [-0.15, -0.1) is 0 Å². The highest BCUT2D eigenvalue weighted by atomic mass is 28.4. The van der Waals surface area contributed by atoms with E-state index in [1.807, 2.05) is 37.4 Å². The number of unbranched alkanes of at least 4 members (excludes halogenated alkanes) is 1. The Morgan fingerprint density at radius 2 is 1.20 bits per heavy atom. The van der Waals surface area contributed by atoms with Crippen LogP contribution in [-0.2, 0) is 0 Å². The molecule has 0 saturated carbocycles. The summed E-state index contributed by atoms with van der Waals surface area (Å²) in [4.78, 5) is 9.83. The molecule has 2 rings (SSSR count). The Hall–Kier alpha value is -1.78. The zero-order valence-electron chi connectivity index (χ0n) is 15.6. The van der Waals surface area contributed by atoms with Gasteiger partial charge in [-0.1, -0.05) is 37.6 Å². The Labute approximate surface area is 152 Å². The van der Waals surface area contributed by atoms with Crippen molar-refractivity contribution in [1.82, 2.24) is 0 Å². The molecule has 0 radical (unpaired) electrons. The molecule has 1 N–H and O–H groups in total. The summed E-state index contributed by atoms with van der Waals surface area (Å²) >= 11 is 0. The second-order valence-corrected chi connectivity index (χ2v) is 11.1. The minimum Gasteiger partial charge on any atom is -0.494 e. The molecule has 136 valence electrons. The lowest BCUT2D eigenvalue weighted by molar-refractivity contribution is 0.309. The average Bonchev–Trinajstić information content (AvgIpc) is 2.59. The van der Waals surface area contributed by atoms with Crippen molar-refractivity contribution in [2.45, 2.75) is 45.3 Å². The highest BCUT2D eigenvalue weighted by Gasteiger charge is 2.15. The van der Waals surface area contributed by atoms with Gasteiger partial charge in [0.05, 0.1) is 13.2 Å². The lowest BCUT2D eigenvalue weighted by Crippen LogP contribution is -2.24. The maximum atomic E-state index is 9.83. The summed E-state index contributed by atoms with van der Waals surface area (Å²) in [6.07, 6.45) is 3.13. The summed E-state index contributed by atoms with van der Waals surface area (Å²) in [7, 11) is -1.95. The standard InChI is InChI=1S/C21H30O3Si/c1-4-5-15-23-20-11-7-18(8-12-20)19-9-13-21(14-10-19)24-16-6-17-25(2,3)22/h7-14,22H,4-6,15-17H2,1-3H3. The first-order chi connectivity index (χ1) is 12.0. The van der Waals surface area contributed by atoms with Gasteiger partial charge in [-0.05, 0) is 67.4 Å². The topological polar surface area (TPSA) is 38.7 Å². The monoisotopic (exact) mass is 358 g/mol. The largest absolute Gasteiger partial charge is 0.494 e. The van der Waals surface area contributed by atoms with Crippen LogP contribution in [0.3, 0.4) is 0 Å². The minimum absolute atomic E-state index is 0.653. The van der Waals surface area contributed by atoms with Crippen molar-refractivity contribution >= 4 is 8.32 Å². The molecule has 0 spiro atoms. The number of benzene rings is 2. The molecular weight excluding hydrogens is 328 g/mol. The van der Waals surface area contributed by atoms with Gasteiger partial charge < -0.3 is 14.3 Å². The molecule has 0 aliphatic heterocycles. The first kappa shape index (κ1) is 19.5. The predicted molar refractivity (Wildman–Crippen MR) is 107 cm³/mol. The van der Waals surface area contributed by atoms with Crippen LogP contribution in [0.5, 0.6) is 11.5 Å². The second-order valence-electron chi connectivity index (χ2n) is 7.02. The van der Waals surface area contributed by atoms with E-state index in [1.165, 1.54) is 5.56 Å². The fourth-order valence-electron chi connectivity index (χ4n) is 2.52. The quantitative estimate of drug-likeness (QED) is 0.450. The summed E-state index contributed by atoms with van der Waals surface area (Å²) in [5, 5.41) is 0. The number of rotatable bonds is 10. The van der Waals surface area contributed by atoms with E-state index in [1.54, 1.807) is 0 Å². The van der Waals surface area contributed by atoms with E-state index in [-0.39, 0.29) is 0 Å². The Morgan fingerprint density at radius 1 is 0.760 bits per heavy atom. The van der Waals surface area contributed by atoms with Crippen molar-refractivity contribution in [2.24, 2.45) is 0 Å². The van der Waals surface area contributed by atoms with E-state index in [9.17, 15) is 4.80 Å². The third-order valence-corrected chi connectivity index (χ3v) is 5.59. The molecule has 2 aromatic carbocycles. The van der Waals surface area contributed by atoms with Gasteiger partial charge in [0.2, 0.25) is 0 Å². The van der Waals surface area contributed by atoms with Crippen LogP contribution in [-0.4, -0.2) is 26.3 Å². The molecule has 0 aliphatic carbocycles. The smallest absolute Gasteiger partial charge is 0.182 e. The van der Waals surface area contributed by atoms with Crippen molar-refractivity contribution in [2.75, 3.05) is 13.2 Å². The molecule has 0 unspecified atom stereocenters. The molecule has 0 aliphatic rings. The van der Waals surface area contributed by atoms with Crippen LogP contribution in [0.2, 0.25) is 19.1 Å². The van der Waals surface area contributed by atoms with Crippen LogP contribution in [0.15, 0.2) is 48.5 Å². The van der Waals surface area contributed by atoms with Crippen LogP contribution >= 0.6 is 0 Å². The normalized spacial score (nSPS) is 11.4. The zero-order chi connectivity index (χ0) is 18.1. The van der Waals surface area contributed by atoms with Crippen molar-refractivity contribution in [3.8, 4) is 22.6 Å². The third-order valence-electron chi connectivity index (χ3n) is 4.01. The highest BCUT2D eigenvalue weighted by molar-refractivity contribution is 6.69. The minimum atomic E-state index is -1.95. The van der Waals surface area contributed by atoms with Crippen LogP contribution in [0.1, 0.15) is 26.2 Å². The maximum absolute atomic E-state index is 9.83. The van der Waals surface area contributed by atoms with Gasteiger partial charge in [0.1, 0.15) is 11.5 Å². The van der Waals surface area contributed by atoms with Gasteiger partial charge in [-0.3, -0.25) is 0 Å². The van der Waals surface area contributed by atoms with Crippen molar-refractivity contribution in [3.63, 3.8) is 0 Å². The fraction of sp³-hybridized carbons (Fsp3) is 0.429. The molecule has 0 fully saturated rings. The third kappa shape index (κ3) is 7.32. The lowest BCUT2D eigenvalue weighted by Gasteiger charge is -2.14. The molecule has 0 aromatic heterocycles. The molecule has 0 heterocycles. The van der Waals surface area contributed by atoms with Crippen LogP contribution < -0.4 is 9.47 Å². The van der Waals surface area contributed by atoms with E-state index >= 15 is 0 Å². The van der Waals surface area contributed by atoms with Gasteiger partial charge in [0.25, 0.3) is 0 Å². The molecule has 25 heavy (non-hydrogen) atoms. The summed E-state index contributed by atoms with van der Waals surface area (Å²) in [5.74, 6) is 1.80. The van der Waals surface area contributed by atoms with Gasteiger partial charge in [-0.25, -0.2) is 0 Å². The van der Waals surface area contributed by atoms with Crippen molar-refractivity contribution < 1.29 is 14.3 Å². The summed E-state index contributed by atoms with van der Waals surface area (Å²) in [5.41, 5.74) is 2.33. The molecule has 0 amide bonds. The van der Waals surface area contributed by atoms with Crippen molar-refractivity contribution in [3.05, 3.63) is 48.5 Å². The van der Waals surface area contributed by atoms with E-state index in [0.29, 0.717) is 6.61 Å². The highest BCUT2D eigenvalue weighted by Crippen LogP contribution is 2.25. The first-order valence-electron chi connectivity index (χ1n) is 9.16. The van der Waals surface area contributed by atoms with Crippen LogP contribution in [0.25, 0.3) is 11.1 Å². The Balaban J connectivity index is 1.84. The summed E-state index contributed by atoms with van der Waals surface area (Å²) in [6.45, 7) is 7.51. The molecular formula is C21H30O3Si. The van der Waals surface area contributed by atoms with E-state index < -0.39 is 8.32 Å². The number of hydrogen-bond acceptors (Lipinski definition) is 3. The van der Waals surface area contributed by atoms with E-state index in [4.69, 9.17) is 9.47 Å². The van der Waals surface area contributed by atoms with Gasteiger partial charge in [0.15, 0.2) is 8.32 Å². The maximum Gasteiger partial charge on any atom is 0.182 e. The molecule has 4 heteroatoms. The number of hydrogen-bond donors (Lipinski definition) is 1. The van der Waals surface area contributed by atoms with Crippen LogP contribution in [0.4, 0.5) is 0 Å². The van der Waals surface area contributed by atoms with Gasteiger partial charge in [-0.2, -0.15) is 0 Å². The van der Waals surface area contributed by atoms with Gasteiger partial charge in [0, 0.05) is 0 Å². The molecule has 2 aromatic rings. The Kier molecular flexibility index (Phi) is 7.53. The summed E-state index contributed by atoms with van der Waals surface area (Å²) in [6, 6.07) is 17.3. The molecule has 0 saturated heterocycles. The van der Waals surface area contributed by atoms with Crippen LogP contribution in [0, 0.1) is 0 Å². The SMILES string of the molecule is CCCCOc1ccc(-c2ccc(OCCC[Si](C)(C)O)cc2)cc1. The fourth-order valence-corrected chi connectivity index (χ4v) is 3.53. The van der Waals surface area contributed by atoms with E-state index in [0.717, 1.165) is 49.0 Å². The zero-order valence-corrected chi connectivity index (χ0v) is 16.6. The Morgan fingerprint density at radius 3 is 1.60 bits per heavy atom. The molecule has 0 bridgehead atoms. The molecule has 0 atom stereocenters. The second kappa shape index (κ2) is 9.64. The lowest BCUT2D eigenvalue weighted by atomic mass is 10.1. The average molecular weight is 359 g/mol. The van der Waals surface area contributed by atoms with Gasteiger partial charge >= 0.3 is 0 Å².